The van der Waals surface area contributed by atoms with Gasteiger partial charge in [-0.3, -0.25) is 9.89 Å². The molecule has 1 aliphatic heterocycles. The number of fused-ring (bicyclic) bond motifs is 2. The first-order valence-electron chi connectivity index (χ1n) is 11.0. The minimum absolute atomic E-state index is 0.0678. The number of nitrogens with one attached hydrogen (secondary N) is 2. The average Bonchev–Trinajstić information content (AvgIpc) is 3.47. The van der Waals surface area contributed by atoms with E-state index in [2.05, 4.69) is 55.0 Å². The molecule has 3 aromatic rings. The highest BCUT2D eigenvalue weighted by molar-refractivity contribution is 5.87. The second kappa shape index (κ2) is 9.13. The van der Waals surface area contributed by atoms with Crippen LogP contribution in [0.4, 0.5) is 5.95 Å². The number of benzene rings is 1. The number of aromatic amines is 1. The predicted octanol–water partition coefficient (Wildman–Crippen LogP) is 1.83. The van der Waals surface area contributed by atoms with Gasteiger partial charge in [-0.05, 0) is 36.5 Å². The van der Waals surface area contributed by atoms with Gasteiger partial charge in [-0.15, -0.1) is 5.10 Å². The molecule has 9 nitrogen and oxygen atoms in total. The first-order valence-corrected chi connectivity index (χ1v) is 11.0. The van der Waals surface area contributed by atoms with Crippen molar-refractivity contribution in [2.45, 2.75) is 57.5 Å². The van der Waals surface area contributed by atoms with Gasteiger partial charge in [-0.1, -0.05) is 29.5 Å². The van der Waals surface area contributed by atoms with Crippen molar-refractivity contribution in [3.63, 3.8) is 0 Å². The molecule has 9 heteroatoms. The van der Waals surface area contributed by atoms with Crippen LogP contribution in [0.3, 0.4) is 0 Å². The normalized spacial score (nSPS) is 18.7. The quantitative estimate of drug-likeness (QED) is 0.552. The lowest BCUT2D eigenvalue weighted by atomic mass is 10.00. The van der Waals surface area contributed by atoms with Crippen LogP contribution in [0.1, 0.15) is 35.0 Å². The second-order valence-corrected chi connectivity index (χ2v) is 8.32. The maximum Gasteiger partial charge on any atom is 0.223 e. The van der Waals surface area contributed by atoms with E-state index in [4.69, 9.17) is 9.47 Å². The molecule has 1 aliphatic carbocycles. The van der Waals surface area contributed by atoms with Gasteiger partial charge in [0, 0.05) is 31.3 Å². The zero-order valence-electron chi connectivity index (χ0n) is 18.0. The summed E-state index contributed by atoms with van der Waals surface area (Å²) in [4.78, 5) is 21.9. The molecular formula is C23H26N6O3. The average molecular weight is 435 g/mol. The number of carbonyl (C=O) groups excluding carboxylic acids is 1. The Morgan fingerprint density at radius 3 is 2.81 bits per heavy atom. The Morgan fingerprint density at radius 2 is 2.06 bits per heavy atom. The molecule has 0 saturated heterocycles. The maximum atomic E-state index is 12.8. The largest absolute Gasteiger partial charge is 0.370 e. The van der Waals surface area contributed by atoms with Crippen molar-refractivity contribution in [3.05, 3.63) is 64.7 Å². The molecule has 2 unspecified atom stereocenters. The molecule has 0 fully saturated rings. The topological polar surface area (TPSA) is 115 Å². The highest BCUT2D eigenvalue weighted by atomic mass is 16.5. The van der Waals surface area contributed by atoms with Crippen molar-refractivity contribution >= 4 is 11.7 Å². The van der Waals surface area contributed by atoms with Gasteiger partial charge >= 0.3 is 0 Å². The first kappa shape index (κ1) is 20.7. The smallest absolute Gasteiger partial charge is 0.223 e. The fraction of sp³-hybridized carbons (Fsp3) is 0.435. The SMILES string of the molecule is CC(OCCc1c[nH]nn1)C(=O)C1Cc2cnc(NC3Cc4ccccc4C3)nc2CO1. The summed E-state index contributed by atoms with van der Waals surface area (Å²) < 4.78 is 11.5. The number of Topliss-reactive ketones (excluding diaryl/α,β-unsaturated/α-hetero) is 1. The summed E-state index contributed by atoms with van der Waals surface area (Å²) in [5, 5.41) is 13.7. The molecule has 0 amide bonds. The van der Waals surface area contributed by atoms with E-state index in [0.717, 1.165) is 29.8 Å². The van der Waals surface area contributed by atoms with Gasteiger partial charge < -0.3 is 14.8 Å². The van der Waals surface area contributed by atoms with Gasteiger partial charge in [0.1, 0.15) is 12.2 Å². The zero-order chi connectivity index (χ0) is 21.9. The van der Waals surface area contributed by atoms with E-state index in [1.54, 1.807) is 13.1 Å². The number of ketones is 1. The first-order chi connectivity index (χ1) is 15.7. The molecule has 0 bridgehead atoms. The van der Waals surface area contributed by atoms with Gasteiger partial charge in [-0.25, -0.2) is 9.97 Å². The minimum atomic E-state index is -0.556. The Kier molecular flexibility index (Phi) is 5.91. The molecule has 0 saturated carbocycles. The fourth-order valence-electron chi connectivity index (χ4n) is 4.30. The molecule has 2 aliphatic rings. The third kappa shape index (κ3) is 4.53. The molecule has 2 N–H and O–H groups in total. The van der Waals surface area contributed by atoms with Crippen LogP contribution in [-0.2, 0) is 46.6 Å². The second-order valence-electron chi connectivity index (χ2n) is 8.32. The number of ether oxygens (including phenoxy) is 2. The summed E-state index contributed by atoms with van der Waals surface area (Å²) in [5.74, 6) is 0.543. The highest BCUT2D eigenvalue weighted by Crippen LogP contribution is 2.25. The van der Waals surface area contributed by atoms with E-state index in [0.29, 0.717) is 38.0 Å². The summed E-state index contributed by atoms with van der Waals surface area (Å²) in [7, 11) is 0. The molecule has 1 aromatic carbocycles. The van der Waals surface area contributed by atoms with Crippen molar-refractivity contribution in [1.82, 2.24) is 25.4 Å². The molecule has 0 radical (unpaired) electrons. The van der Waals surface area contributed by atoms with Crippen LogP contribution in [0.15, 0.2) is 36.7 Å². The van der Waals surface area contributed by atoms with Crippen molar-refractivity contribution in [3.8, 4) is 0 Å². The van der Waals surface area contributed by atoms with E-state index in [-0.39, 0.29) is 5.78 Å². The van der Waals surface area contributed by atoms with Gasteiger partial charge in [0.15, 0.2) is 5.78 Å². The third-order valence-corrected chi connectivity index (χ3v) is 6.08. The monoisotopic (exact) mass is 434 g/mol. The third-order valence-electron chi connectivity index (χ3n) is 6.08. The van der Waals surface area contributed by atoms with Crippen LogP contribution in [0.25, 0.3) is 0 Å². The van der Waals surface area contributed by atoms with E-state index < -0.39 is 12.2 Å². The number of rotatable bonds is 8. The van der Waals surface area contributed by atoms with Crippen LogP contribution in [0.2, 0.25) is 0 Å². The number of carbonyl (C=O) groups is 1. The van der Waals surface area contributed by atoms with Crippen LogP contribution in [0.5, 0.6) is 0 Å². The lowest BCUT2D eigenvalue weighted by Crippen LogP contribution is -2.38. The number of H-pyrrole nitrogens is 1. The summed E-state index contributed by atoms with van der Waals surface area (Å²) in [6.45, 7) is 2.44. The van der Waals surface area contributed by atoms with Crippen LogP contribution < -0.4 is 5.32 Å². The predicted molar refractivity (Wildman–Crippen MR) is 116 cm³/mol. The Labute approximate surface area is 186 Å². The van der Waals surface area contributed by atoms with E-state index in [1.165, 1.54) is 11.1 Å². The Balaban J connectivity index is 1.14. The fourth-order valence-corrected chi connectivity index (χ4v) is 4.30. The Morgan fingerprint density at radius 1 is 1.25 bits per heavy atom. The standard InChI is InChI=1S/C23H26N6O3/c1-14(31-7-6-18-12-25-29-28-18)22(30)21-10-17-11-24-23(27-20(17)13-32-21)26-19-8-15-4-2-3-5-16(15)9-19/h2-5,11-12,14,19,21H,6-10,13H2,1H3,(H,24,26,27)(H,25,28,29). The van der Waals surface area contributed by atoms with Crippen molar-refractivity contribution in [1.29, 1.82) is 0 Å². The van der Waals surface area contributed by atoms with Crippen molar-refractivity contribution in [2.24, 2.45) is 0 Å². The molecule has 2 aromatic heterocycles. The van der Waals surface area contributed by atoms with Crippen LogP contribution in [-0.4, -0.2) is 56.0 Å². The lowest BCUT2D eigenvalue weighted by molar-refractivity contribution is -0.143. The van der Waals surface area contributed by atoms with Gasteiger partial charge in [-0.2, -0.15) is 0 Å². The van der Waals surface area contributed by atoms with Crippen molar-refractivity contribution < 1.29 is 14.3 Å². The van der Waals surface area contributed by atoms with Crippen LogP contribution >= 0.6 is 0 Å². The van der Waals surface area contributed by atoms with E-state index in [1.807, 2.05) is 6.20 Å². The summed E-state index contributed by atoms with van der Waals surface area (Å²) >= 11 is 0. The Bertz CT molecular complexity index is 1060. The molecule has 166 valence electrons. The lowest BCUT2D eigenvalue weighted by Gasteiger charge is -2.26. The maximum absolute atomic E-state index is 12.8. The molecule has 0 spiro atoms. The molecule has 3 heterocycles. The Hall–Kier alpha value is -3.17. The minimum Gasteiger partial charge on any atom is -0.370 e. The highest BCUT2D eigenvalue weighted by Gasteiger charge is 2.31. The van der Waals surface area contributed by atoms with E-state index >= 15 is 0 Å². The number of hydrogen-bond donors (Lipinski definition) is 2. The molecule has 32 heavy (non-hydrogen) atoms. The van der Waals surface area contributed by atoms with Gasteiger partial charge in [0.05, 0.1) is 24.6 Å². The van der Waals surface area contributed by atoms with Gasteiger partial charge in [0.25, 0.3) is 0 Å². The van der Waals surface area contributed by atoms with Crippen LogP contribution in [0, 0.1) is 0 Å². The molecular weight excluding hydrogens is 408 g/mol. The molecule has 2 atom stereocenters. The van der Waals surface area contributed by atoms with Crippen molar-refractivity contribution in [2.75, 3.05) is 11.9 Å². The zero-order valence-corrected chi connectivity index (χ0v) is 18.0. The number of nitrogens with zero attached hydrogens (tertiary/aromatic N) is 4. The molecule has 5 rings (SSSR count). The summed E-state index contributed by atoms with van der Waals surface area (Å²) in [5.41, 5.74) is 5.34. The van der Waals surface area contributed by atoms with E-state index in [9.17, 15) is 4.79 Å². The summed E-state index contributed by atoms with van der Waals surface area (Å²) in [6.07, 6.45) is 5.42. The number of hydrogen-bond acceptors (Lipinski definition) is 8. The summed E-state index contributed by atoms with van der Waals surface area (Å²) in [6, 6.07) is 8.80. The van der Waals surface area contributed by atoms with Gasteiger partial charge in [0.2, 0.25) is 5.95 Å². The number of aromatic nitrogens is 5. The number of anilines is 1.